The predicted molar refractivity (Wildman–Crippen MR) is 59.3 cm³/mol. The van der Waals surface area contributed by atoms with Crippen LogP contribution in [0.5, 0.6) is 0 Å². The van der Waals surface area contributed by atoms with Gasteiger partial charge in [0.25, 0.3) is 0 Å². The Hall–Kier alpha value is -1.91. The summed E-state index contributed by atoms with van der Waals surface area (Å²) >= 11 is 0. The summed E-state index contributed by atoms with van der Waals surface area (Å²) in [7, 11) is 3.63. The number of hydrogen-bond donors (Lipinski definition) is 0. The summed E-state index contributed by atoms with van der Waals surface area (Å²) in [6.45, 7) is 3.74. The minimum atomic E-state index is -0.0174. The number of aromatic nitrogens is 4. The zero-order valence-corrected chi connectivity index (χ0v) is 9.85. The third kappa shape index (κ3) is 1.54. The molecule has 84 valence electrons. The molecule has 0 radical (unpaired) electrons. The number of hydrogen-bond acceptors (Lipinski definition) is 3. The van der Waals surface area contributed by atoms with Gasteiger partial charge in [-0.2, -0.15) is 10.2 Å². The van der Waals surface area contributed by atoms with Gasteiger partial charge >= 0.3 is 0 Å². The number of carbonyl (C=O) groups is 1. The summed E-state index contributed by atoms with van der Waals surface area (Å²) in [6, 6.07) is 0. The second-order valence-corrected chi connectivity index (χ2v) is 3.90. The van der Waals surface area contributed by atoms with E-state index < -0.39 is 0 Å². The largest absolute Gasteiger partial charge is 0.288 e. The fourth-order valence-electron chi connectivity index (χ4n) is 1.79. The molecule has 0 fully saturated rings. The van der Waals surface area contributed by atoms with Crippen molar-refractivity contribution >= 4 is 5.78 Å². The van der Waals surface area contributed by atoms with Gasteiger partial charge in [0, 0.05) is 26.0 Å². The monoisotopic (exact) mass is 218 g/mol. The van der Waals surface area contributed by atoms with Gasteiger partial charge < -0.3 is 0 Å². The van der Waals surface area contributed by atoms with Gasteiger partial charge in [0.1, 0.15) is 0 Å². The lowest BCUT2D eigenvalue weighted by Gasteiger charge is -1.98. The van der Waals surface area contributed by atoms with Gasteiger partial charge in [-0.25, -0.2) is 0 Å². The minimum Gasteiger partial charge on any atom is -0.288 e. The Balaban J connectivity index is 2.49. The molecule has 5 nitrogen and oxygen atoms in total. The maximum Gasteiger partial charge on any atom is 0.199 e. The molecule has 0 bridgehead atoms. The van der Waals surface area contributed by atoms with E-state index in [0.717, 1.165) is 11.4 Å². The Bertz CT molecular complexity index is 550. The summed E-state index contributed by atoms with van der Waals surface area (Å²) in [5.41, 5.74) is 2.91. The first-order valence-electron chi connectivity index (χ1n) is 5.04. The second kappa shape index (κ2) is 3.59. The van der Waals surface area contributed by atoms with Crippen molar-refractivity contribution < 1.29 is 4.79 Å². The first-order chi connectivity index (χ1) is 7.50. The molecule has 2 heterocycles. The van der Waals surface area contributed by atoms with Crippen molar-refractivity contribution in [3.8, 4) is 0 Å². The van der Waals surface area contributed by atoms with Gasteiger partial charge in [0.2, 0.25) is 0 Å². The van der Waals surface area contributed by atoms with Crippen molar-refractivity contribution in [2.45, 2.75) is 13.8 Å². The topological polar surface area (TPSA) is 52.7 Å². The Kier molecular flexibility index (Phi) is 2.38. The molecule has 0 aliphatic heterocycles. The van der Waals surface area contributed by atoms with Gasteiger partial charge in [0.05, 0.1) is 23.0 Å². The highest BCUT2D eigenvalue weighted by atomic mass is 16.1. The van der Waals surface area contributed by atoms with Crippen LogP contribution >= 0.6 is 0 Å². The number of carbonyl (C=O) groups excluding carboxylic acids is 1. The zero-order chi connectivity index (χ0) is 11.9. The van der Waals surface area contributed by atoms with Crippen molar-refractivity contribution in [1.29, 1.82) is 0 Å². The van der Waals surface area contributed by atoms with Gasteiger partial charge in [0.15, 0.2) is 5.78 Å². The van der Waals surface area contributed by atoms with Crippen LogP contribution in [-0.2, 0) is 14.1 Å². The van der Waals surface area contributed by atoms with E-state index in [1.54, 1.807) is 28.8 Å². The van der Waals surface area contributed by atoms with Gasteiger partial charge in [-0.1, -0.05) is 0 Å². The van der Waals surface area contributed by atoms with Crippen molar-refractivity contribution in [2.24, 2.45) is 14.1 Å². The van der Waals surface area contributed by atoms with Crippen LogP contribution in [0.4, 0.5) is 0 Å². The molecule has 0 aromatic carbocycles. The molecule has 0 N–H and O–H groups in total. The van der Waals surface area contributed by atoms with E-state index in [2.05, 4.69) is 10.2 Å². The summed E-state index contributed by atoms with van der Waals surface area (Å²) in [5.74, 6) is -0.0174. The van der Waals surface area contributed by atoms with Crippen LogP contribution in [-0.4, -0.2) is 25.3 Å². The first-order valence-corrected chi connectivity index (χ1v) is 5.04. The van der Waals surface area contributed by atoms with E-state index in [1.165, 1.54) is 0 Å². The van der Waals surface area contributed by atoms with Crippen molar-refractivity contribution in [1.82, 2.24) is 19.6 Å². The lowest BCUT2D eigenvalue weighted by Crippen LogP contribution is -2.03. The molecule has 0 aliphatic rings. The lowest BCUT2D eigenvalue weighted by molar-refractivity contribution is 0.103. The fourth-order valence-corrected chi connectivity index (χ4v) is 1.79. The number of aryl methyl sites for hydroxylation is 3. The first kappa shape index (κ1) is 10.6. The highest BCUT2D eigenvalue weighted by Gasteiger charge is 2.19. The van der Waals surface area contributed by atoms with E-state index in [-0.39, 0.29) is 5.78 Å². The van der Waals surface area contributed by atoms with Gasteiger partial charge in [-0.3, -0.25) is 14.2 Å². The van der Waals surface area contributed by atoms with Gasteiger partial charge in [-0.15, -0.1) is 0 Å². The fraction of sp³-hybridized carbons (Fsp3) is 0.364. The average Bonchev–Trinajstić information content (AvgIpc) is 2.73. The molecule has 0 aliphatic carbocycles. The SMILES string of the molecule is Cc1nn(C)c(C)c1C(=O)c1cnn(C)c1. The summed E-state index contributed by atoms with van der Waals surface area (Å²) in [4.78, 5) is 12.2. The van der Waals surface area contributed by atoms with Crippen LogP contribution < -0.4 is 0 Å². The number of nitrogens with zero attached hydrogens (tertiary/aromatic N) is 4. The summed E-state index contributed by atoms with van der Waals surface area (Å²) < 4.78 is 3.34. The van der Waals surface area contributed by atoms with Crippen LogP contribution in [0.2, 0.25) is 0 Å². The Labute approximate surface area is 93.7 Å². The molecular formula is C11H14N4O. The third-order valence-electron chi connectivity index (χ3n) is 2.70. The van der Waals surface area contributed by atoms with E-state index >= 15 is 0 Å². The molecule has 0 saturated heterocycles. The molecular weight excluding hydrogens is 204 g/mol. The second-order valence-electron chi connectivity index (χ2n) is 3.90. The van der Waals surface area contributed by atoms with Crippen molar-refractivity contribution in [2.75, 3.05) is 0 Å². The molecule has 5 heteroatoms. The normalized spacial score (nSPS) is 10.8. The van der Waals surface area contributed by atoms with E-state index in [1.807, 2.05) is 20.9 Å². The number of rotatable bonds is 2. The van der Waals surface area contributed by atoms with Crippen molar-refractivity contribution in [3.63, 3.8) is 0 Å². The minimum absolute atomic E-state index is 0.0174. The van der Waals surface area contributed by atoms with Crippen LogP contribution in [0, 0.1) is 13.8 Å². The van der Waals surface area contributed by atoms with Crippen LogP contribution in [0.3, 0.4) is 0 Å². The average molecular weight is 218 g/mol. The quantitative estimate of drug-likeness (QED) is 0.707. The molecule has 0 saturated carbocycles. The highest BCUT2D eigenvalue weighted by molar-refractivity contribution is 6.10. The Morgan fingerprint density at radius 1 is 1.31 bits per heavy atom. The molecule has 2 rings (SSSR count). The van der Waals surface area contributed by atoms with Crippen LogP contribution in [0.15, 0.2) is 12.4 Å². The lowest BCUT2D eigenvalue weighted by atomic mass is 10.0. The van der Waals surface area contributed by atoms with Gasteiger partial charge in [-0.05, 0) is 13.8 Å². The molecule has 2 aromatic rings. The Morgan fingerprint density at radius 3 is 2.44 bits per heavy atom. The maximum atomic E-state index is 12.2. The smallest absolute Gasteiger partial charge is 0.199 e. The molecule has 0 unspecified atom stereocenters. The molecule has 0 atom stereocenters. The van der Waals surface area contributed by atoms with E-state index in [9.17, 15) is 4.79 Å². The van der Waals surface area contributed by atoms with E-state index in [0.29, 0.717) is 11.1 Å². The molecule has 2 aromatic heterocycles. The van der Waals surface area contributed by atoms with E-state index in [4.69, 9.17) is 0 Å². The van der Waals surface area contributed by atoms with Crippen LogP contribution in [0.1, 0.15) is 27.3 Å². The summed E-state index contributed by atoms with van der Waals surface area (Å²) in [6.07, 6.45) is 3.29. The number of ketones is 1. The standard InChI is InChI=1S/C11H14N4O/c1-7-10(8(2)15(4)13-7)11(16)9-5-12-14(3)6-9/h5-6H,1-4H3. The maximum absolute atomic E-state index is 12.2. The molecule has 0 spiro atoms. The third-order valence-corrected chi connectivity index (χ3v) is 2.70. The predicted octanol–water partition coefficient (Wildman–Crippen LogP) is 1.00. The zero-order valence-electron chi connectivity index (χ0n) is 9.85. The summed E-state index contributed by atoms with van der Waals surface area (Å²) in [5, 5.41) is 8.23. The van der Waals surface area contributed by atoms with Crippen molar-refractivity contribution in [3.05, 3.63) is 34.9 Å². The molecule has 16 heavy (non-hydrogen) atoms. The van der Waals surface area contributed by atoms with Crippen LogP contribution in [0.25, 0.3) is 0 Å². The Morgan fingerprint density at radius 2 is 2.00 bits per heavy atom. The molecule has 0 amide bonds. The highest BCUT2D eigenvalue weighted by Crippen LogP contribution is 2.16.